The molecule has 6 heteroatoms. The molecule has 1 atom stereocenters. The average molecular weight is 938 g/mol. The summed E-state index contributed by atoms with van der Waals surface area (Å²) in [6, 6.07) is 0. The van der Waals surface area contributed by atoms with Gasteiger partial charge in [-0.25, -0.2) is 0 Å². The van der Waals surface area contributed by atoms with E-state index in [0.717, 1.165) is 70.6 Å². The van der Waals surface area contributed by atoms with Gasteiger partial charge in [-0.15, -0.1) is 0 Å². The molecule has 0 fully saturated rings. The topological polar surface area (TPSA) is 78.9 Å². The Hall–Kier alpha value is -2.89. The Morgan fingerprint density at radius 1 is 0.313 bits per heavy atom. The molecule has 0 radical (unpaired) electrons. The first kappa shape index (κ1) is 64.1. The lowest BCUT2D eigenvalue weighted by atomic mass is 10.1. The minimum absolute atomic E-state index is 0.0811. The summed E-state index contributed by atoms with van der Waals surface area (Å²) in [6.45, 7) is 6.51. The van der Waals surface area contributed by atoms with Crippen molar-refractivity contribution in [3.05, 3.63) is 60.8 Å². The van der Waals surface area contributed by atoms with Crippen molar-refractivity contribution in [3.63, 3.8) is 0 Å². The second kappa shape index (κ2) is 55.7. The first-order chi connectivity index (χ1) is 33.0. The molecule has 67 heavy (non-hydrogen) atoms. The number of esters is 3. The van der Waals surface area contributed by atoms with Crippen LogP contribution in [0.15, 0.2) is 60.8 Å². The second-order valence-corrected chi connectivity index (χ2v) is 19.2. The number of carbonyl (C=O) groups excluding carboxylic acids is 3. The molecule has 0 heterocycles. The molecule has 0 saturated heterocycles. The SMILES string of the molecule is CC\C=C/C=C\C=C/CCCCCCCCCC(=O)OCC(COC(=O)CCCCCCCCC/C=C\CCCCCCCC)OC(=O)CCCCCCCCC/C=C\CCCCCCCC. The molecule has 0 amide bonds. The van der Waals surface area contributed by atoms with Gasteiger partial charge in [0.15, 0.2) is 6.10 Å². The summed E-state index contributed by atoms with van der Waals surface area (Å²) in [7, 11) is 0. The number of unbranched alkanes of at least 4 members (excludes halogenated alkanes) is 33. The lowest BCUT2D eigenvalue weighted by Gasteiger charge is -2.18. The summed E-state index contributed by atoms with van der Waals surface area (Å²) in [5.41, 5.74) is 0. The summed E-state index contributed by atoms with van der Waals surface area (Å²) in [4.78, 5) is 38.2. The van der Waals surface area contributed by atoms with Gasteiger partial charge in [0.2, 0.25) is 0 Å². The van der Waals surface area contributed by atoms with Gasteiger partial charge in [-0.1, -0.05) is 242 Å². The monoisotopic (exact) mass is 937 g/mol. The van der Waals surface area contributed by atoms with Crippen molar-refractivity contribution in [2.45, 2.75) is 297 Å². The predicted molar refractivity (Wildman–Crippen MR) is 288 cm³/mol. The smallest absolute Gasteiger partial charge is 0.306 e. The predicted octanol–water partition coefficient (Wildman–Crippen LogP) is 19.2. The average Bonchev–Trinajstić information content (AvgIpc) is 3.33. The molecule has 0 aromatic carbocycles. The van der Waals surface area contributed by atoms with E-state index >= 15 is 0 Å². The van der Waals surface area contributed by atoms with Gasteiger partial charge in [0.05, 0.1) is 0 Å². The molecule has 0 aliphatic rings. The number of hydrogen-bond donors (Lipinski definition) is 0. The minimum Gasteiger partial charge on any atom is -0.462 e. The van der Waals surface area contributed by atoms with Crippen LogP contribution in [0.4, 0.5) is 0 Å². The third kappa shape index (κ3) is 53.9. The first-order valence-electron chi connectivity index (χ1n) is 28.8. The fraction of sp³-hybridized carbons (Fsp3) is 0.787. The Morgan fingerprint density at radius 3 is 0.940 bits per heavy atom. The molecule has 388 valence electrons. The quantitative estimate of drug-likeness (QED) is 0.0199. The van der Waals surface area contributed by atoms with Crippen LogP contribution in [0.1, 0.15) is 290 Å². The second-order valence-electron chi connectivity index (χ2n) is 19.2. The zero-order chi connectivity index (χ0) is 48.6. The molecule has 1 unspecified atom stereocenters. The molecule has 0 spiro atoms. The maximum absolute atomic E-state index is 12.9. The maximum Gasteiger partial charge on any atom is 0.306 e. The Kier molecular flexibility index (Phi) is 53.3. The molecule has 0 rings (SSSR count). The van der Waals surface area contributed by atoms with Gasteiger partial charge >= 0.3 is 17.9 Å². The molecule has 0 bridgehead atoms. The Balaban J connectivity index is 4.39. The van der Waals surface area contributed by atoms with E-state index in [0.29, 0.717) is 19.3 Å². The van der Waals surface area contributed by atoms with E-state index in [1.54, 1.807) is 0 Å². The number of ether oxygens (including phenoxy) is 3. The van der Waals surface area contributed by atoms with Crippen LogP contribution in [0.3, 0.4) is 0 Å². The highest BCUT2D eigenvalue weighted by molar-refractivity contribution is 5.71. The fourth-order valence-corrected chi connectivity index (χ4v) is 8.20. The van der Waals surface area contributed by atoms with E-state index in [1.165, 1.54) is 180 Å². The van der Waals surface area contributed by atoms with Gasteiger partial charge in [-0.3, -0.25) is 14.4 Å². The summed E-state index contributed by atoms with van der Waals surface area (Å²) in [6.07, 6.45) is 69.2. The Morgan fingerprint density at radius 2 is 0.597 bits per heavy atom. The maximum atomic E-state index is 12.9. The summed E-state index contributed by atoms with van der Waals surface area (Å²) in [5.74, 6) is -0.891. The van der Waals surface area contributed by atoms with Crippen LogP contribution in [0, 0.1) is 0 Å². The zero-order valence-electron chi connectivity index (χ0n) is 44.4. The molecule has 0 aliphatic carbocycles. The van der Waals surface area contributed by atoms with Crippen molar-refractivity contribution in [1.82, 2.24) is 0 Å². The van der Waals surface area contributed by atoms with Crippen LogP contribution in [0.2, 0.25) is 0 Å². The molecule has 0 N–H and O–H groups in total. The number of rotatable bonds is 52. The van der Waals surface area contributed by atoms with Crippen molar-refractivity contribution < 1.29 is 28.6 Å². The molecular weight excluding hydrogens is 829 g/mol. The van der Waals surface area contributed by atoms with E-state index in [1.807, 2.05) is 0 Å². The van der Waals surface area contributed by atoms with Crippen molar-refractivity contribution in [3.8, 4) is 0 Å². The van der Waals surface area contributed by atoms with Gasteiger partial charge < -0.3 is 14.2 Å². The van der Waals surface area contributed by atoms with E-state index in [-0.39, 0.29) is 31.1 Å². The van der Waals surface area contributed by atoms with E-state index in [2.05, 4.69) is 81.5 Å². The Labute approximate surface area is 415 Å². The fourth-order valence-electron chi connectivity index (χ4n) is 8.20. The summed E-state index contributed by atoms with van der Waals surface area (Å²) in [5, 5.41) is 0. The van der Waals surface area contributed by atoms with E-state index < -0.39 is 6.10 Å². The standard InChI is InChI=1S/C61H108O6/c1-4-7-10-13-16-19-22-25-28-30-33-36-39-42-45-48-51-54-60(63)66-57-58(56-65-59(62)53-50-47-44-41-38-35-32-27-24-21-18-15-12-9-6-3)67-61(64)55-52-49-46-43-40-37-34-31-29-26-23-20-17-14-11-8-5-2/h9,12,15,18,21,24-26,28-29,58H,4-8,10-11,13-14,16-17,19-20,22-23,27,30-57H2,1-3H3/b12-9-,18-15-,24-21-,28-25-,29-26-. The third-order valence-electron chi connectivity index (χ3n) is 12.5. The molecule has 0 saturated carbocycles. The van der Waals surface area contributed by atoms with Gasteiger partial charge in [0.1, 0.15) is 13.2 Å². The van der Waals surface area contributed by atoms with Gasteiger partial charge in [-0.05, 0) is 89.9 Å². The third-order valence-corrected chi connectivity index (χ3v) is 12.5. The highest BCUT2D eigenvalue weighted by Crippen LogP contribution is 2.15. The van der Waals surface area contributed by atoms with E-state index in [4.69, 9.17) is 14.2 Å². The molecule has 6 nitrogen and oxygen atoms in total. The van der Waals surface area contributed by atoms with E-state index in [9.17, 15) is 14.4 Å². The molecule has 0 aliphatic heterocycles. The molecular formula is C61H108O6. The minimum atomic E-state index is -0.783. The van der Waals surface area contributed by atoms with Crippen molar-refractivity contribution in [2.75, 3.05) is 13.2 Å². The number of carbonyl (C=O) groups is 3. The summed E-state index contributed by atoms with van der Waals surface area (Å²) < 4.78 is 16.9. The van der Waals surface area contributed by atoms with Gasteiger partial charge in [0, 0.05) is 19.3 Å². The highest BCUT2D eigenvalue weighted by atomic mass is 16.6. The largest absolute Gasteiger partial charge is 0.462 e. The van der Waals surface area contributed by atoms with Gasteiger partial charge in [-0.2, -0.15) is 0 Å². The molecule has 0 aromatic rings. The van der Waals surface area contributed by atoms with Crippen LogP contribution in [-0.2, 0) is 28.6 Å². The highest BCUT2D eigenvalue weighted by Gasteiger charge is 2.19. The lowest BCUT2D eigenvalue weighted by molar-refractivity contribution is -0.167. The number of allylic oxidation sites excluding steroid dienone is 10. The van der Waals surface area contributed by atoms with Crippen LogP contribution < -0.4 is 0 Å². The van der Waals surface area contributed by atoms with Gasteiger partial charge in [0.25, 0.3) is 0 Å². The number of hydrogen-bond acceptors (Lipinski definition) is 6. The normalized spacial score (nSPS) is 12.5. The van der Waals surface area contributed by atoms with Crippen molar-refractivity contribution >= 4 is 17.9 Å². The van der Waals surface area contributed by atoms with Crippen LogP contribution in [0.5, 0.6) is 0 Å². The van der Waals surface area contributed by atoms with Crippen molar-refractivity contribution in [2.24, 2.45) is 0 Å². The zero-order valence-corrected chi connectivity index (χ0v) is 44.4. The van der Waals surface area contributed by atoms with Crippen LogP contribution >= 0.6 is 0 Å². The summed E-state index contributed by atoms with van der Waals surface area (Å²) >= 11 is 0. The lowest BCUT2D eigenvalue weighted by Crippen LogP contribution is -2.30. The molecule has 0 aromatic heterocycles. The Bertz CT molecular complexity index is 1210. The van der Waals surface area contributed by atoms with Crippen molar-refractivity contribution in [1.29, 1.82) is 0 Å². The van der Waals surface area contributed by atoms with Crippen LogP contribution in [-0.4, -0.2) is 37.2 Å². The van der Waals surface area contributed by atoms with Crippen LogP contribution in [0.25, 0.3) is 0 Å². The first-order valence-corrected chi connectivity index (χ1v) is 28.8.